The number of esters is 1. The Hall–Kier alpha value is -0.920. The maximum atomic E-state index is 10.7. The van der Waals surface area contributed by atoms with Gasteiger partial charge in [0.25, 0.3) is 0 Å². The van der Waals surface area contributed by atoms with Crippen LogP contribution in [0.15, 0.2) is 6.08 Å². The summed E-state index contributed by atoms with van der Waals surface area (Å²) in [5, 5.41) is 8.98. The van der Waals surface area contributed by atoms with Gasteiger partial charge in [0, 0.05) is 0 Å². The molecular formula is C7H11O3+. The van der Waals surface area contributed by atoms with Crippen LogP contribution in [0, 0.1) is 6.58 Å². The first kappa shape index (κ1) is 9.08. The van der Waals surface area contributed by atoms with Crippen LogP contribution in [0.3, 0.4) is 0 Å². The topological polar surface area (TPSA) is 46.5 Å². The molecule has 0 atom stereocenters. The van der Waals surface area contributed by atoms with Crippen molar-refractivity contribution < 1.29 is 14.6 Å². The van der Waals surface area contributed by atoms with Crippen LogP contribution in [-0.2, 0) is 9.53 Å². The molecule has 0 aromatic carbocycles. The first-order valence-electron chi connectivity index (χ1n) is 2.91. The fraction of sp³-hybridized carbons (Fsp3) is 0.571. The van der Waals surface area contributed by atoms with Crippen LogP contribution in [0.5, 0.6) is 0 Å². The lowest BCUT2D eigenvalue weighted by Crippen LogP contribution is -2.33. The summed E-state index contributed by atoms with van der Waals surface area (Å²) in [4.78, 5) is 10.7. The Labute approximate surface area is 60.3 Å². The SMILES string of the molecule is [CH+]=CCOC(=O)C(C)(C)O. The molecule has 0 radical (unpaired) electrons. The van der Waals surface area contributed by atoms with Crippen molar-refractivity contribution in [3.8, 4) is 0 Å². The molecular weight excluding hydrogens is 132 g/mol. The monoisotopic (exact) mass is 143 g/mol. The summed E-state index contributed by atoms with van der Waals surface area (Å²) < 4.78 is 4.49. The second-order valence-corrected chi connectivity index (χ2v) is 2.39. The van der Waals surface area contributed by atoms with Gasteiger partial charge in [-0.3, -0.25) is 0 Å². The van der Waals surface area contributed by atoms with Crippen LogP contribution in [0.2, 0.25) is 0 Å². The number of hydrogen-bond donors (Lipinski definition) is 1. The van der Waals surface area contributed by atoms with Crippen molar-refractivity contribution >= 4 is 5.97 Å². The van der Waals surface area contributed by atoms with Gasteiger partial charge >= 0.3 is 5.97 Å². The van der Waals surface area contributed by atoms with Gasteiger partial charge in [-0.15, -0.1) is 0 Å². The molecule has 10 heavy (non-hydrogen) atoms. The van der Waals surface area contributed by atoms with Gasteiger partial charge in [0.15, 0.2) is 18.3 Å². The zero-order valence-corrected chi connectivity index (χ0v) is 6.13. The lowest BCUT2D eigenvalue weighted by Gasteiger charge is -2.13. The van der Waals surface area contributed by atoms with E-state index in [-0.39, 0.29) is 6.61 Å². The quantitative estimate of drug-likeness (QED) is 0.456. The number of ether oxygens (including phenoxy) is 1. The molecule has 56 valence electrons. The van der Waals surface area contributed by atoms with Crippen molar-refractivity contribution in [2.45, 2.75) is 19.4 Å². The lowest BCUT2D eigenvalue weighted by molar-refractivity contribution is -0.160. The van der Waals surface area contributed by atoms with Crippen LogP contribution in [0.4, 0.5) is 0 Å². The summed E-state index contributed by atoms with van der Waals surface area (Å²) in [6.07, 6.45) is 1.20. The van der Waals surface area contributed by atoms with E-state index in [1.807, 2.05) is 0 Å². The van der Waals surface area contributed by atoms with Crippen LogP contribution < -0.4 is 0 Å². The molecule has 0 saturated heterocycles. The van der Waals surface area contributed by atoms with Crippen LogP contribution >= 0.6 is 0 Å². The summed E-state index contributed by atoms with van der Waals surface area (Å²) >= 11 is 0. The van der Waals surface area contributed by atoms with E-state index in [4.69, 9.17) is 11.7 Å². The first-order valence-corrected chi connectivity index (χ1v) is 2.91. The molecule has 0 spiro atoms. The predicted molar refractivity (Wildman–Crippen MR) is 36.1 cm³/mol. The predicted octanol–water partition coefficient (Wildman–Crippen LogP) is 0.290. The highest BCUT2D eigenvalue weighted by Gasteiger charge is 2.25. The van der Waals surface area contributed by atoms with E-state index < -0.39 is 11.6 Å². The lowest BCUT2D eigenvalue weighted by atomic mass is 10.1. The molecule has 0 aromatic heterocycles. The summed E-state index contributed by atoms with van der Waals surface area (Å²) in [6, 6.07) is 0. The highest BCUT2D eigenvalue weighted by molar-refractivity contribution is 5.78. The van der Waals surface area contributed by atoms with Gasteiger partial charge in [-0.25, -0.2) is 4.79 Å². The maximum Gasteiger partial charge on any atom is 0.337 e. The average Bonchev–Trinajstić information content (AvgIpc) is 1.80. The number of carbonyl (C=O) groups excluding carboxylic acids is 1. The second-order valence-electron chi connectivity index (χ2n) is 2.39. The summed E-state index contributed by atoms with van der Waals surface area (Å²) in [5.74, 6) is -0.672. The largest absolute Gasteiger partial charge is 0.455 e. The van der Waals surface area contributed by atoms with Crippen LogP contribution in [0.1, 0.15) is 13.8 Å². The molecule has 0 rings (SSSR count). The minimum absolute atomic E-state index is 0.0306. The van der Waals surface area contributed by atoms with Crippen LogP contribution in [-0.4, -0.2) is 23.3 Å². The Morgan fingerprint density at radius 3 is 2.60 bits per heavy atom. The van der Waals surface area contributed by atoms with E-state index in [2.05, 4.69) is 4.74 Å². The molecule has 0 amide bonds. The van der Waals surface area contributed by atoms with E-state index in [0.29, 0.717) is 0 Å². The number of hydrogen-bond acceptors (Lipinski definition) is 3. The highest BCUT2D eigenvalue weighted by Crippen LogP contribution is 2.02. The third-order valence-corrected chi connectivity index (χ3v) is 0.810. The second kappa shape index (κ2) is 3.30. The van der Waals surface area contributed by atoms with Crippen molar-refractivity contribution in [2.75, 3.05) is 6.61 Å². The highest BCUT2D eigenvalue weighted by atomic mass is 16.5. The van der Waals surface area contributed by atoms with Gasteiger partial charge in [-0.1, -0.05) is 0 Å². The molecule has 0 aliphatic rings. The Balaban J connectivity index is 3.74. The Kier molecular flexibility index (Phi) is 3.00. The first-order chi connectivity index (χ1) is 4.48. The molecule has 0 aliphatic carbocycles. The van der Waals surface area contributed by atoms with Gasteiger partial charge in [0.1, 0.15) is 0 Å². The maximum absolute atomic E-state index is 10.7. The molecule has 0 heterocycles. The number of carbonyl (C=O) groups is 1. The van der Waals surface area contributed by atoms with E-state index in [1.165, 1.54) is 19.9 Å². The summed E-state index contributed by atoms with van der Waals surface area (Å²) in [5.41, 5.74) is -1.43. The smallest absolute Gasteiger partial charge is 0.337 e. The third-order valence-electron chi connectivity index (χ3n) is 0.810. The Bertz CT molecular complexity index is 132. The number of rotatable bonds is 3. The van der Waals surface area contributed by atoms with Gasteiger partial charge < -0.3 is 9.84 Å². The third kappa shape index (κ3) is 3.17. The van der Waals surface area contributed by atoms with Gasteiger partial charge in [0.2, 0.25) is 6.58 Å². The molecule has 0 saturated carbocycles. The standard InChI is InChI=1S/C7H11O3/c1-4-5-10-6(8)7(2,3)9/h1,4,9H,5H2,2-3H3/q+1. The van der Waals surface area contributed by atoms with E-state index in [0.717, 1.165) is 0 Å². The Morgan fingerprint density at radius 1 is 1.80 bits per heavy atom. The molecule has 1 N–H and O–H groups in total. The molecule has 0 unspecified atom stereocenters. The van der Waals surface area contributed by atoms with Crippen molar-refractivity contribution in [3.63, 3.8) is 0 Å². The van der Waals surface area contributed by atoms with Gasteiger partial charge in [-0.05, 0) is 13.8 Å². The van der Waals surface area contributed by atoms with Gasteiger partial charge in [0.05, 0.1) is 0 Å². The van der Waals surface area contributed by atoms with Crippen LogP contribution in [0.25, 0.3) is 0 Å². The molecule has 0 aromatic rings. The van der Waals surface area contributed by atoms with E-state index in [9.17, 15) is 4.79 Å². The van der Waals surface area contributed by atoms with E-state index in [1.54, 1.807) is 0 Å². The molecule has 3 nitrogen and oxygen atoms in total. The van der Waals surface area contributed by atoms with Gasteiger partial charge in [-0.2, -0.15) is 0 Å². The molecule has 3 heteroatoms. The summed E-state index contributed by atoms with van der Waals surface area (Å²) in [7, 11) is 0. The number of aliphatic hydroxyl groups is 1. The van der Waals surface area contributed by atoms with Crippen molar-refractivity contribution in [1.29, 1.82) is 0 Å². The van der Waals surface area contributed by atoms with Crippen molar-refractivity contribution in [2.24, 2.45) is 0 Å². The fourth-order valence-electron chi connectivity index (χ4n) is 0.300. The zero-order valence-electron chi connectivity index (χ0n) is 6.13. The van der Waals surface area contributed by atoms with Crippen molar-refractivity contribution in [3.05, 3.63) is 12.7 Å². The minimum atomic E-state index is -1.43. The zero-order chi connectivity index (χ0) is 8.20. The molecule has 0 fully saturated rings. The van der Waals surface area contributed by atoms with E-state index >= 15 is 0 Å². The summed E-state index contributed by atoms with van der Waals surface area (Å²) in [6.45, 7) is 7.67. The van der Waals surface area contributed by atoms with Crippen molar-refractivity contribution in [1.82, 2.24) is 0 Å². The molecule has 0 aliphatic heterocycles. The minimum Gasteiger partial charge on any atom is -0.455 e. The Morgan fingerprint density at radius 2 is 2.30 bits per heavy atom. The normalized spacial score (nSPS) is 10.6. The molecule has 0 bridgehead atoms. The fourth-order valence-corrected chi connectivity index (χ4v) is 0.300. The average molecular weight is 143 g/mol.